The van der Waals surface area contributed by atoms with Gasteiger partial charge in [0.1, 0.15) is 0 Å². The molecule has 0 N–H and O–H groups in total. The maximum absolute atomic E-state index is 12.8. The van der Waals surface area contributed by atoms with Gasteiger partial charge in [-0.2, -0.15) is 0 Å². The van der Waals surface area contributed by atoms with Crippen LogP contribution in [0.3, 0.4) is 0 Å². The maximum Gasteiger partial charge on any atom is 0.259 e. The molecule has 0 radical (unpaired) electrons. The van der Waals surface area contributed by atoms with Crippen molar-refractivity contribution in [3.05, 3.63) is 48.6 Å². The molecule has 0 spiro atoms. The molecule has 0 aromatic heterocycles. The zero-order chi connectivity index (χ0) is 19.7. The molecule has 2 aliphatic heterocycles. The lowest BCUT2D eigenvalue weighted by Gasteiger charge is -2.26. The first-order chi connectivity index (χ1) is 13.6. The van der Waals surface area contributed by atoms with E-state index in [9.17, 15) is 4.79 Å². The van der Waals surface area contributed by atoms with Crippen molar-refractivity contribution in [1.29, 1.82) is 0 Å². The standard InChI is InChI=1S/C24H31N3O/c1-4-12-27-22-10-9-21(19-7-5-8-20(23(19)22)24(27)28)26-14-6-13-25(16-17-26)15-11-18(2)3/h4-5,7-10,18H,1,6,11-17H2,2-3H3. The topological polar surface area (TPSA) is 26.8 Å². The van der Waals surface area contributed by atoms with Crippen molar-refractivity contribution in [3.8, 4) is 0 Å². The predicted octanol–water partition coefficient (Wildman–Crippen LogP) is 4.54. The van der Waals surface area contributed by atoms with E-state index in [1.807, 2.05) is 17.0 Å². The van der Waals surface area contributed by atoms with Crippen molar-refractivity contribution in [1.82, 2.24) is 4.90 Å². The van der Waals surface area contributed by atoms with Gasteiger partial charge in [0, 0.05) is 48.2 Å². The molecule has 4 heteroatoms. The molecule has 4 rings (SSSR count). The Morgan fingerprint density at radius 3 is 2.68 bits per heavy atom. The van der Waals surface area contributed by atoms with Gasteiger partial charge in [0.15, 0.2) is 0 Å². The van der Waals surface area contributed by atoms with Crippen molar-refractivity contribution in [2.75, 3.05) is 49.1 Å². The predicted molar refractivity (Wildman–Crippen MR) is 119 cm³/mol. The average Bonchev–Trinajstić information content (AvgIpc) is 2.86. The summed E-state index contributed by atoms with van der Waals surface area (Å²) < 4.78 is 0. The number of amides is 1. The molecule has 1 amide bonds. The Balaban J connectivity index is 1.63. The van der Waals surface area contributed by atoms with E-state index < -0.39 is 0 Å². The van der Waals surface area contributed by atoms with Gasteiger partial charge in [-0.25, -0.2) is 0 Å². The first-order valence-electron chi connectivity index (χ1n) is 10.6. The Hall–Kier alpha value is -2.33. The number of carbonyl (C=O) groups excluding carboxylic acids is 1. The number of hydrogen-bond acceptors (Lipinski definition) is 3. The molecule has 2 aliphatic rings. The first-order valence-corrected chi connectivity index (χ1v) is 10.6. The van der Waals surface area contributed by atoms with Gasteiger partial charge in [0.2, 0.25) is 0 Å². The minimum atomic E-state index is 0.0911. The smallest absolute Gasteiger partial charge is 0.259 e. The van der Waals surface area contributed by atoms with Gasteiger partial charge in [-0.05, 0) is 50.0 Å². The molecule has 148 valence electrons. The normalized spacial score (nSPS) is 17.6. The molecule has 0 saturated carbocycles. The zero-order valence-corrected chi connectivity index (χ0v) is 17.2. The van der Waals surface area contributed by atoms with E-state index in [1.165, 1.54) is 37.0 Å². The molecule has 1 fully saturated rings. The highest BCUT2D eigenvalue weighted by molar-refractivity contribution is 6.26. The summed E-state index contributed by atoms with van der Waals surface area (Å²) >= 11 is 0. The van der Waals surface area contributed by atoms with E-state index in [0.717, 1.165) is 42.2 Å². The van der Waals surface area contributed by atoms with Crippen molar-refractivity contribution in [2.45, 2.75) is 26.7 Å². The van der Waals surface area contributed by atoms with Crippen LogP contribution in [-0.2, 0) is 0 Å². The molecule has 0 unspecified atom stereocenters. The van der Waals surface area contributed by atoms with Crippen LogP contribution in [0.15, 0.2) is 43.0 Å². The summed E-state index contributed by atoms with van der Waals surface area (Å²) in [5.41, 5.74) is 3.11. The molecule has 0 atom stereocenters. The Kier molecular flexibility index (Phi) is 5.40. The molecular weight excluding hydrogens is 346 g/mol. The third-order valence-corrected chi connectivity index (χ3v) is 6.03. The van der Waals surface area contributed by atoms with Crippen LogP contribution in [0, 0.1) is 5.92 Å². The van der Waals surface area contributed by atoms with Crippen molar-refractivity contribution < 1.29 is 4.79 Å². The Bertz CT molecular complexity index is 889. The third kappa shape index (κ3) is 3.42. The van der Waals surface area contributed by atoms with Crippen LogP contribution in [0.25, 0.3) is 10.8 Å². The van der Waals surface area contributed by atoms with Crippen LogP contribution in [0.5, 0.6) is 0 Å². The first kappa shape index (κ1) is 19.0. The summed E-state index contributed by atoms with van der Waals surface area (Å²) in [5.74, 6) is 0.847. The number of hydrogen-bond donors (Lipinski definition) is 0. The van der Waals surface area contributed by atoms with Crippen molar-refractivity contribution in [3.63, 3.8) is 0 Å². The van der Waals surface area contributed by atoms with E-state index in [1.54, 1.807) is 6.08 Å². The number of rotatable bonds is 6. The summed E-state index contributed by atoms with van der Waals surface area (Å²) in [6, 6.07) is 10.5. The fraction of sp³-hybridized carbons (Fsp3) is 0.458. The van der Waals surface area contributed by atoms with Crippen LogP contribution < -0.4 is 9.80 Å². The highest BCUT2D eigenvalue weighted by Gasteiger charge is 2.30. The van der Waals surface area contributed by atoms with E-state index in [4.69, 9.17) is 0 Å². The van der Waals surface area contributed by atoms with Crippen molar-refractivity contribution >= 4 is 28.1 Å². The molecule has 2 heterocycles. The zero-order valence-electron chi connectivity index (χ0n) is 17.2. The van der Waals surface area contributed by atoms with E-state index >= 15 is 0 Å². The highest BCUT2D eigenvalue weighted by Crippen LogP contribution is 2.41. The maximum atomic E-state index is 12.8. The SMILES string of the molecule is C=CCN1C(=O)c2cccc3c(N4CCCN(CCC(C)C)CC4)ccc1c23. The van der Waals surface area contributed by atoms with Gasteiger partial charge in [-0.15, -0.1) is 6.58 Å². The number of carbonyl (C=O) groups is 1. The molecule has 2 aromatic rings. The number of anilines is 2. The van der Waals surface area contributed by atoms with Gasteiger partial charge in [0.25, 0.3) is 5.91 Å². The molecular formula is C24H31N3O. The fourth-order valence-corrected chi connectivity index (χ4v) is 4.49. The second kappa shape index (κ2) is 7.96. The molecule has 4 nitrogen and oxygen atoms in total. The van der Waals surface area contributed by atoms with Crippen LogP contribution >= 0.6 is 0 Å². The van der Waals surface area contributed by atoms with Gasteiger partial charge in [0.05, 0.1) is 5.69 Å². The van der Waals surface area contributed by atoms with Gasteiger partial charge < -0.3 is 14.7 Å². The summed E-state index contributed by atoms with van der Waals surface area (Å²) in [5, 5.41) is 2.30. The quantitative estimate of drug-likeness (QED) is 0.691. The Labute approximate surface area is 168 Å². The van der Waals surface area contributed by atoms with Gasteiger partial charge in [-0.1, -0.05) is 32.1 Å². The van der Waals surface area contributed by atoms with Gasteiger partial charge >= 0.3 is 0 Å². The minimum absolute atomic E-state index is 0.0911. The lowest BCUT2D eigenvalue weighted by atomic mass is 10.0. The third-order valence-electron chi connectivity index (χ3n) is 6.03. The van der Waals surface area contributed by atoms with E-state index in [0.29, 0.717) is 6.54 Å². The second-order valence-electron chi connectivity index (χ2n) is 8.40. The highest BCUT2D eigenvalue weighted by atomic mass is 16.2. The molecule has 28 heavy (non-hydrogen) atoms. The molecule has 1 saturated heterocycles. The van der Waals surface area contributed by atoms with Crippen LogP contribution in [0.2, 0.25) is 0 Å². The fourth-order valence-electron chi connectivity index (χ4n) is 4.49. The number of nitrogens with zero attached hydrogens (tertiary/aromatic N) is 3. The summed E-state index contributed by atoms with van der Waals surface area (Å²) in [7, 11) is 0. The molecule has 0 bridgehead atoms. The van der Waals surface area contributed by atoms with Crippen molar-refractivity contribution in [2.24, 2.45) is 5.92 Å². The van der Waals surface area contributed by atoms with Gasteiger partial charge in [-0.3, -0.25) is 4.79 Å². The minimum Gasteiger partial charge on any atom is -0.370 e. The summed E-state index contributed by atoms with van der Waals surface area (Å²) in [4.78, 5) is 19.8. The lowest BCUT2D eigenvalue weighted by Crippen LogP contribution is -2.31. The Morgan fingerprint density at radius 2 is 1.89 bits per heavy atom. The monoisotopic (exact) mass is 377 g/mol. The van der Waals surface area contributed by atoms with Crippen LogP contribution in [0.1, 0.15) is 37.0 Å². The lowest BCUT2D eigenvalue weighted by molar-refractivity contribution is 0.0996. The average molecular weight is 378 g/mol. The van der Waals surface area contributed by atoms with Crippen LogP contribution in [0.4, 0.5) is 11.4 Å². The Morgan fingerprint density at radius 1 is 1.07 bits per heavy atom. The van der Waals surface area contributed by atoms with Crippen LogP contribution in [-0.4, -0.2) is 50.1 Å². The number of benzene rings is 2. The molecule has 2 aromatic carbocycles. The molecule has 0 aliphatic carbocycles. The van der Waals surface area contributed by atoms with E-state index in [-0.39, 0.29) is 5.91 Å². The van der Waals surface area contributed by atoms with E-state index in [2.05, 4.69) is 48.4 Å². The second-order valence-corrected chi connectivity index (χ2v) is 8.40. The largest absolute Gasteiger partial charge is 0.370 e. The summed E-state index contributed by atoms with van der Waals surface area (Å²) in [6.45, 7) is 14.6. The summed E-state index contributed by atoms with van der Waals surface area (Å²) in [6.07, 6.45) is 4.24.